The Bertz CT molecular complexity index is 596. The standard InChI is InChI=1S/C19H28ClN3O2/c1-19(2,3)14-21-18(25)23-10-4-9-22(11-12-23)17(24)13-15-5-7-16(20)8-6-15/h5-8H,4,9-14H2,1-3H3,(H,21,25). The third-order valence-corrected chi connectivity index (χ3v) is 4.43. The second kappa shape index (κ2) is 8.56. The van der Waals surface area contributed by atoms with Crippen LogP contribution in [0.3, 0.4) is 0 Å². The highest BCUT2D eigenvalue weighted by Crippen LogP contribution is 2.13. The fourth-order valence-corrected chi connectivity index (χ4v) is 2.84. The van der Waals surface area contributed by atoms with Crippen molar-refractivity contribution in [3.05, 3.63) is 34.9 Å². The van der Waals surface area contributed by atoms with Gasteiger partial charge in [-0.15, -0.1) is 0 Å². The predicted octanol–water partition coefficient (Wildman–Crippen LogP) is 3.17. The maximum atomic E-state index is 12.5. The zero-order valence-electron chi connectivity index (χ0n) is 15.3. The van der Waals surface area contributed by atoms with E-state index in [0.717, 1.165) is 12.0 Å². The van der Waals surface area contributed by atoms with Gasteiger partial charge in [0.15, 0.2) is 0 Å². The summed E-state index contributed by atoms with van der Waals surface area (Å²) >= 11 is 5.88. The molecule has 0 bridgehead atoms. The summed E-state index contributed by atoms with van der Waals surface area (Å²) in [5.74, 6) is 0.0965. The van der Waals surface area contributed by atoms with E-state index in [4.69, 9.17) is 11.6 Å². The number of carbonyl (C=O) groups is 2. The molecule has 1 heterocycles. The number of rotatable bonds is 3. The molecule has 0 atom stereocenters. The lowest BCUT2D eigenvalue weighted by Crippen LogP contribution is -2.45. The topological polar surface area (TPSA) is 52.7 Å². The molecule has 138 valence electrons. The van der Waals surface area contributed by atoms with Gasteiger partial charge < -0.3 is 15.1 Å². The van der Waals surface area contributed by atoms with Crippen LogP contribution >= 0.6 is 11.6 Å². The number of hydrogen-bond donors (Lipinski definition) is 1. The van der Waals surface area contributed by atoms with Crippen LogP contribution in [0.15, 0.2) is 24.3 Å². The molecule has 2 rings (SSSR count). The first kappa shape index (κ1) is 19.6. The van der Waals surface area contributed by atoms with Crippen molar-refractivity contribution in [3.63, 3.8) is 0 Å². The van der Waals surface area contributed by atoms with Crippen LogP contribution in [0.5, 0.6) is 0 Å². The van der Waals surface area contributed by atoms with Crippen LogP contribution in [0.2, 0.25) is 5.02 Å². The molecule has 0 unspecified atom stereocenters. The number of hydrogen-bond acceptors (Lipinski definition) is 2. The van der Waals surface area contributed by atoms with Gasteiger partial charge in [-0.2, -0.15) is 0 Å². The second-order valence-corrected chi connectivity index (χ2v) is 8.18. The molecule has 0 spiro atoms. The molecule has 1 aromatic rings. The lowest BCUT2D eigenvalue weighted by Gasteiger charge is -2.25. The SMILES string of the molecule is CC(C)(C)CNC(=O)N1CCCN(C(=O)Cc2ccc(Cl)cc2)CC1. The van der Waals surface area contributed by atoms with Crippen molar-refractivity contribution in [1.29, 1.82) is 0 Å². The largest absolute Gasteiger partial charge is 0.341 e. The summed E-state index contributed by atoms with van der Waals surface area (Å²) in [4.78, 5) is 28.5. The van der Waals surface area contributed by atoms with Gasteiger partial charge in [0.05, 0.1) is 6.42 Å². The molecule has 1 saturated heterocycles. The highest BCUT2D eigenvalue weighted by atomic mass is 35.5. The highest BCUT2D eigenvalue weighted by Gasteiger charge is 2.23. The number of halogens is 1. The van der Waals surface area contributed by atoms with E-state index >= 15 is 0 Å². The molecule has 0 radical (unpaired) electrons. The van der Waals surface area contributed by atoms with Gasteiger partial charge in [-0.05, 0) is 29.5 Å². The summed E-state index contributed by atoms with van der Waals surface area (Å²) in [6.45, 7) is 9.43. The van der Waals surface area contributed by atoms with Crippen LogP contribution in [0, 0.1) is 5.41 Å². The van der Waals surface area contributed by atoms with E-state index in [1.807, 2.05) is 17.0 Å². The number of benzene rings is 1. The normalized spacial score (nSPS) is 15.7. The zero-order chi connectivity index (χ0) is 18.4. The average molecular weight is 366 g/mol. The van der Waals surface area contributed by atoms with Gasteiger partial charge >= 0.3 is 6.03 Å². The first-order valence-corrected chi connectivity index (χ1v) is 9.17. The Labute approximate surface area is 155 Å². The van der Waals surface area contributed by atoms with Crippen LogP contribution in [-0.4, -0.2) is 54.5 Å². The predicted molar refractivity (Wildman–Crippen MR) is 101 cm³/mol. The van der Waals surface area contributed by atoms with E-state index in [1.54, 1.807) is 17.0 Å². The van der Waals surface area contributed by atoms with Crippen molar-refractivity contribution in [1.82, 2.24) is 15.1 Å². The average Bonchev–Trinajstić information content (AvgIpc) is 2.80. The Hall–Kier alpha value is -1.75. The molecule has 1 N–H and O–H groups in total. The van der Waals surface area contributed by atoms with E-state index in [1.165, 1.54) is 0 Å². The molecule has 6 heteroatoms. The molecular weight excluding hydrogens is 338 g/mol. The molecule has 1 aliphatic heterocycles. The Morgan fingerprint density at radius 2 is 1.64 bits per heavy atom. The fraction of sp³-hybridized carbons (Fsp3) is 0.579. The van der Waals surface area contributed by atoms with Crippen LogP contribution < -0.4 is 5.32 Å². The molecule has 3 amide bonds. The molecule has 1 aliphatic rings. The van der Waals surface area contributed by atoms with Gasteiger partial charge in [0.25, 0.3) is 0 Å². The molecule has 1 aromatic carbocycles. The summed E-state index contributed by atoms with van der Waals surface area (Å²) in [6, 6.07) is 7.32. The van der Waals surface area contributed by atoms with E-state index in [0.29, 0.717) is 44.2 Å². The monoisotopic (exact) mass is 365 g/mol. The van der Waals surface area contributed by atoms with Crippen molar-refractivity contribution in [2.45, 2.75) is 33.6 Å². The van der Waals surface area contributed by atoms with Gasteiger partial charge in [0.1, 0.15) is 0 Å². The molecule has 1 fully saturated rings. The summed E-state index contributed by atoms with van der Waals surface area (Å²) in [7, 11) is 0. The highest BCUT2D eigenvalue weighted by molar-refractivity contribution is 6.30. The minimum absolute atomic E-state index is 0.0399. The third-order valence-electron chi connectivity index (χ3n) is 4.17. The quantitative estimate of drug-likeness (QED) is 0.894. The van der Waals surface area contributed by atoms with Gasteiger partial charge in [0.2, 0.25) is 5.91 Å². The van der Waals surface area contributed by atoms with E-state index < -0.39 is 0 Å². The van der Waals surface area contributed by atoms with Gasteiger partial charge in [0, 0.05) is 37.7 Å². The van der Waals surface area contributed by atoms with E-state index in [9.17, 15) is 9.59 Å². The lowest BCUT2D eigenvalue weighted by atomic mass is 9.97. The molecule has 0 aliphatic carbocycles. The maximum absolute atomic E-state index is 12.5. The summed E-state index contributed by atoms with van der Waals surface area (Å²) < 4.78 is 0. The third kappa shape index (κ3) is 6.58. The Morgan fingerprint density at radius 3 is 2.28 bits per heavy atom. The molecule has 5 nitrogen and oxygen atoms in total. The summed E-state index contributed by atoms with van der Waals surface area (Å²) in [5, 5.41) is 3.65. The van der Waals surface area contributed by atoms with Crippen molar-refractivity contribution >= 4 is 23.5 Å². The number of urea groups is 1. The van der Waals surface area contributed by atoms with Crippen molar-refractivity contribution in [2.75, 3.05) is 32.7 Å². The smallest absolute Gasteiger partial charge is 0.317 e. The van der Waals surface area contributed by atoms with Crippen LogP contribution in [0.1, 0.15) is 32.8 Å². The van der Waals surface area contributed by atoms with Gasteiger partial charge in [-0.1, -0.05) is 44.5 Å². The first-order chi connectivity index (χ1) is 11.7. The minimum Gasteiger partial charge on any atom is -0.341 e. The molecule has 25 heavy (non-hydrogen) atoms. The second-order valence-electron chi connectivity index (χ2n) is 7.74. The fourth-order valence-electron chi connectivity index (χ4n) is 2.71. The van der Waals surface area contributed by atoms with Crippen LogP contribution in [0.25, 0.3) is 0 Å². The Kier molecular flexibility index (Phi) is 6.71. The number of carbonyl (C=O) groups excluding carboxylic acids is 2. The first-order valence-electron chi connectivity index (χ1n) is 8.79. The summed E-state index contributed by atoms with van der Waals surface area (Å²) in [5.41, 5.74) is 1.01. The van der Waals surface area contributed by atoms with Gasteiger partial charge in [-0.3, -0.25) is 4.79 Å². The van der Waals surface area contributed by atoms with Crippen molar-refractivity contribution < 1.29 is 9.59 Å². The lowest BCUT2D eigenvalue weighted by molar-refractivity contribution is -0.130. The maximum Gasteiger partial charge on any atom is 0.317 e. The molecular formula is C19H28ClN3O2. The Morgan fingerprint density at radius 1 is 1.04 bits per heavy atom. The minimum atomic E-state index is -0.0399. The number of nitrogens with one attached hydrogen (secondary N) is 1. The van der Waals surface area contributed by atoms with E-state index in [-0.39, 0.29) is 17.4 Å². The molecule has 0 aromatic heterocycles. The van der Waals surface area contributed by atoms with Crippen LogP contribution in [0.4, 0.5) is 4.79 Å². The number of nitrogens with zero attached hydrogens (tertiary/aromatic N) is 2. The Balaban J connectivity index is 1.84. The van der Waals surface area contributed by atoms with Crippen LogP contribution in [-0.2, 0) is 11.2 Å². The van der Waals surface area contributed by atoms with Gasteiger partial charge in [-0.25, -0.2) is 4.79 Å². The zero-order valence-corrected chi connectivity index (χ0v) is 16.1. The summed E-state index contributed by atoms with van der Waals surface area (Å²) in [6.07, 6.45) is 1.17. The van der Waals surface area contributed by atoms with Crippen molar-refractivity contribution in [2.24, 2.45) is 5.41 Å². The number of amides is 3. The molecule has 0 saturated carbocycles. The van der Waals surface area contributed by atoms with Crippen molar-refractivity contribution in [3.8, 4) is 0 Å². The van der Waals surface area contributed by atoms with E-state index in [2.05, 4.69) is 26.1 Å².